The van der Waals surface area contributed by atoms with Crippen molar-refractivity contribution in [2.45, 2.75) is 31.0 Å². The Morgan fingerprint density at radius 1 is 1.21 bits per heavy atom. The van der Waals surface area contributed by atoms with Gasteiger partial charge in [0.05, 0.1) is 18.6 Å². The highest BCUT2D eigenvalue weighted by Gasteiger charge is 2.47. The van der Waals surface area contributed by atoms with E-state index in [9.17, 15) is 15.3 Å². The topological polar surface area (TPSA) is 99.4 Å². The lowest BCUT2D eigenvalue weighted by Gasteiger charge is -2.44. The number of phenolic OH excluding ortho intramolecular Hbond substituents is 1. The predicted octanol–water partition coefficient (Wildman–Crippen LogP) is -0.618. The number of phenols is 1. The van der Waals surface area contributed by atoms with E-state index in [-0.39, 0.29) is 12.4 Å². The minimum atomic E-state index is -1.14. The molecule has 0 bridgehead atoms. The summed E-state index contributed by atoms with van der Waals surface area (Å²) >= 11 is 0. The lowest BCUT2D eigenvalue weighted by atomic mass is 9.84. The summed E-state index contributed by atoms with van der Waals surface area (Å²) in [5.41, 5.74) is 0.763. The molecule has 6 nitrogen and oxygen atoms in total. The average Bonchev–Trinajstić information content (AvgIpc) is 2.41. The Hall–Kier alpha value is -1.34. The quantitative estimate of drug-likeness (QED) is 0.542. The smallest absolute Gasteiger partial charge is 0.206 e. The molecule has 19 heavy (non-hydrogen) atoms. The van der Waals surface area contributed by atoms with Crippen molar-refractivity contribution >= 4 is 0 Å². The van der Waals surface area contributed by atoms with Crippen LogP contribution in [0.25, 0.3) is 0 Å². The zero-order chi connectivity index (χ0) is 13.6. The van der Waals surface area contributed by atoms with E-state index in [1.807, 2.05) is 0 Å². The van der Waals surface area contributed by atoms with Gasteiger partial charge in [0, 0.05) is 0 Å². The van der Waals surface area contributed by atoms with Crippen LogP contribution in [0.4, 0.5) is 0 Å². The maximum Gasteiger partial charge on any atom is 0.206 e. The zero-order valence-electron chi connectivity index (χ0n) is 10.1. The van der Waals surface area contributed by atoms with Crippen molar-refractivity contribution in [3.8, 4) is 11.5 Å². The van der Waals surface area contributed by atoms with Gasteiger partial charge in [0.1, 0.15) is 23.7 Å². The third-order valence-electron chi connectivity index (χ3n) is 3.75. The molecule has 2 heterocycles. The molecule has 0 spiro atoms. The number of rotatable bonds is 1. The number of aliphatic hydroxyl groups is 3. The number of fused-ring (bicyclic) bond motifs is 2. The first-order valence-corrected chi connectivity index (χ1v) is 6.21. The third kappa shape index (κ3) is 2.06. The fourth-order valence-electron chi connectivity index (χ4n) is 2.69. The van der Waals surface area contributed by atoms with E-state index in [1.54, 1.807) is 12.1 Å². The molecule has 1 aromatic rings. The van der Waals surface area contributed by atoms with E-state index >= 15 is 0 Å². The Morgan fingerprint density at radius 2 is 2.00 bits per heavy atom. The maximum absolute atomic E-state index is 10.1. The Balaban J connectivity index is 1.89. The number of benzene rings is 1. The highest BCUT2D eigenvalue weighted by Crippen LogP contribution is 2.38. The molecule has 0 aliphatic carbocycles. The number of ether oxygens (including phenoxy) is 2. The van der Waals surface area contributed by atoms with Gasteiger partial charge in [0.15, 0.2) is 0 Å². The van der Waals surface area contributed by atoms with Crippen LogP contribution in [0.3, 0.4) is 0 Å². The van der Waals surface area contributed by atoms with Crippen LogP contribution in [0.2, 0.25) is 0 Å². The van der Waals surface area contributed by atoms with Crippen LogP contribution < -0.4 is 4.74 Å². The molecule has 1 saturated heterocycles. The van der Waals surface area contributed by atoms with Gasteiger partial charge >= 0.3 is 0 Å². The van der Waals surface area contributed by atoms with E-state index in [0.29, 0.717) is 12.2 Å². The van der Waals surface area contributed by atoms with Crippen LogP contribution in [0.1, 0.15) is 5.56 Å². The van der Waals surface area contributed by atoms with Crippen molar-refractivity contribution < 1.29 is 29.9 Å². The molecule has 6 heteroatoms. The number of aromatic hydroxyl groups is 1. The van der Waals surface area contributed by atoms with Crippen LogP contribution in [-0.4, -0.2) is 51.6 Å². The highest BCUT2D eigenvalue weighted by molar-refractivity contribution is 5.41. The fourth-order valence-corrected chi connectivity index (χ4v) is 2.69. The summed E-state index contributed by atoms with van der Waals surface area (Å²) in [6, 6.07) is 4.72. The van der Waals surface area contributed by atoms with Crippen molar-refractivity contribution in [2.75, 3.05) is 6.61 Å². The summed E-state index contributed by atoms with van der Waals surface area (Å²) in [4.78, 5) is 0. The first-order chi connectivity index (χ1) is 9.10. The van der Waals surface area contributed by atoms with Gasteiger partial charge < -0.3 is 29.9 Å². The van der Waals surface area contributed by atoms with Gasteiger partial charge in [-0.2, -0.15) is 0 Å². The van der Waals surface area contributed by atoms with Crippen LogP contribution >= 0.6 is 0 Å². The summed E-state index contributed by atoms with van der Waals surface area (Å²) in [5, 5.41) is 38.5. The molecule has 5 atom stereocenters. The standard InChI is InChI=1S/C13H16O6/c14-5-10-12(17)11(16)8-4-6-3-7(15)1-2-9(6)18-13(8)19-10/h1-3,8,10-17H,4-5H2. The minimum Gasteiger partial charge on any atom is -0.508 e. The predicted molar refractivity (Wildman–Crippen MR) is 63.7 cm³/mol. The van der Waals surface area contributed by atoms with Crippen LogP contribution in [0.5, 0.6) is 11.5 Å². The molecular formula is C13H16O6. The first kappa shape index (κ1) is 12.7. The summed E-state index contributed by atoms with van der Waals surface area (Å²) in [7, 11) is 0. The van der Waals surface area contributed by atoms with Gasteiger partial charge in [-0.3, -0.25) is 0 Å². The maximum atomic E-state index is 10.1. The molecule has 1 aromatic carbocycles. The second kappa shape index (κ2) is 4.64. The Morgan fingerprint density at radius 3 is 2.74 bits per heavy atom. The first-order valence-electron chi connectivity index (χ1n) is 6.21. The van der Waals surface area contributed by atoms with E-state index in [2.05, 4.69) is 0 Å². The molecule has 5 unspecified atom stereocenters. The number of aliphatic hydroxyl groups excluding tert-OH is 3. The number of hydrogen-bond acceptors (Lipinski definition) is 6. The normalized spacial score (nSPS) is 37.1. The summed E-state index contributed by atoms with van der Waals surface area (Å²) in [6.07, 6.45) is -3.30. The summed E-state index contributed by atoms with van der Waals surface area (Å²) in [5.74, 6) is 0.284. The number of hydrogen-bond donors (Lipinski definition) is 4. The van der Waals surface area contributed by atoms with Crippen molar-refractivity contribution in [3.63, 3.8) is 0 Å². The van der Waals surface area contributed by atoms with Crippen LogP contribution in [0, 0.1) is 5.92 Å². The SMILES string of the molecule is OCC1OC2Oc3ccc(O)cc3CC2C(O)C1O. The van der Waals surface area contributed by atoms with E-state index in [1.165, 1.54) is 6.07 Å². The van der Waals surface area contributed by atoms with Gasteiger partial charge in [-0.25, -0.2) is 0 Å². The van der Waals surface area contributed by atoms with Crippen molar-refractivity contribution in [3.05, 3.63) is 23.8 Å². The Bertz CT molecular complexity index is 476. The van der Waals surface area contributed by atoms with E-state index in [0.717, 1.165) is 5.56 Å². The molecule has 0 radical (unpaired) electrons. The molecule has 104 valence electrons. The fraction of sp³-hybridized carbons (Fsp3) is 0.538. The van der Waals surface area contributed by atoms with E-state index < -0.39 is 30.5 Å². The third-order valence-corrected chi connectivity index (χ3v) is 3.75. The van der Waals surface area contributed by atoms with Gasteiger partial charge in [-0.05, 0) is 30.2 Å². The molecule has 0 amide bonds. The molecule has 0 saturated carbocycles. The molecule has 2 aliphatic rings. The zero-order valence-corrected chi connectivity index (χ0v) is 10.1. The second-order valence-corrected chi connectivity index (χ2v) is 4.98. The summed E-state index contributed by atoms with van der Waals surface area (Å²) < 4.78 is 11.1. The Labute approximate surface area is 109 Å². The molecule has 0 aromatic heterocycles. The molecular weight excluding hydrogens is 252 g/mol. The molecule has 2 aliphatic heterocycles. The summed E-state index contributed by atoms with van der Waals surface area (Å²) in [6.45, 7) is -0.382. The largest absolute Gasteiger partial charge is 0.508 e. The highest BCUT2D eigenvalue weighted by atomic mass is 16.7. The van der Waals surface area contributed by atoms with E-state index in [4.69, 9.17) is 14.6 Å². The minimum absolute atomic E-state index is 0.126. The van der Waals surface area contributed by atoms with Gasteiger partial charge in [-0.1, -0.05) is 0 Å². The average molecular weight is 268 g/mol. The molecule has 3 rings (SSSR count). The van der Waals surface area contributed by atoms with Crippen molar-refractivity contribution in [1.29, 1.82) is 0 Å². The van der Waals surface area contributed by atoms with Gasteiger partial charge in [0.25, 0.3) is 0 Å². The monoisotopic (exact) mass is 268 g/mol. The molecule has 4 N–H and O–H groups in total. The lowest BCUT2D eigenvalue weighted by molar-refractivity contribution is -0.264. The van der Waals surface area contributed by atoms with Crippen LogP contribution in [-0.2, 0) is 11.2 Å². The van der Waals surface area contributed by atoms with Crippen LogP contribution in [0.15, 0.2) is 18.2 Å². The van der Waals surface area contributed by atoms with Crippen molar-refractivity contribution in [2.24, 2.45) is 5.92 Å². The molecule has 1 fully saturated rings. The van der Waals surface area contributed by atoms with Crippen molar-refractivity contribution in [1.82, 2.24) is 0 Å². The van der Waals surface area contributed by atoms with Gasteiger partial charge in [0.2, 0.25) is 6.29 Å². The van der Waals surface area contributed by atoms with Gasteiger partial charge in [-0.15, -0.1) is 0 Å². The lowest BCUT2D eigenvalue weighted by Crippen LogP contribution is -2.58. The second-order valence-electron chi connectivity index (χ2n) is 4.98. The Kier molecular flexibility index (Phi) is 3.10.